The number of aliphatic hydroxyl groups excluding tert-OH is 1. The molecule has 0 aromatic carbocycles. The Morgan fingerprint density at radius 3 is 2.92 bits per heavy atom. The molecule has 1 aromatic heterocycles. The molecule has 0 spiro atoms. The summed E-state index contributed by atoms with van der Waals surface area (Å²) < 4.78 is 5.37. The highest BCUT2D eigenvalue weighted by molar-refractivity contribution is 7.13. The van der Waals surface area contributed by atoms with E-state index >= 15 is 0 Å². The lowest BCUT2D eigenvalue weighted by Gasteiger charge is -2.05. The predicted molar refractivity (Wildman–Crippen MR) is 98.6 cm³/mol. The molecule has 1 aliphatic carbocycles. The smallest absolute Gasteiger partial charge is 0.183 e. The average Bonchev–Trinajstić information content (AvgIpc) is 2.81. The van der Waals surface area contributed by atoms with Crippen LogP contribution in [0.4, 0.5) is 5.13 Å². The fraction of sp³-hybridized carbons (Fsp3) is 0.333. The van der Waals surface area contributed by atoms with Crippen molar-refractivity contribution in [1.29, 1.82) is 0 Å². The summed E-state index contributed by atoms with van der Waals surface area (Å²) in [5, 5.41) is 16.5. The minimum atomic E-state index is 0.240. The van der Waals surface area contributed by atoms with Crippen LogP contribution in [0.3, 0.4) is 0 Å². The lowest BCUT2D eigenvalue weighted by atomic mass is 10.1. The van der Waals surface area contributed by atoms with Crippen molar-refractivity contribution < 1.29 is 9.84 Å². The van der Waals surface area contributed by atoms with Crippen LogP contribution in [-0.2, 0) is 4.74 Å². The van der Waals surface area contributed by atoms with E-state index in [4.69, 9.17) is 9.73 Å². The van der Waals surface area contributed by atoms with Gasteiger partial charge in [-0.2, -0.15) is 0 Å². The highest BCUT2D eigenvalue weighted by atomic mass is 32.1. The van der Waals surface area contributed by atoms with E-state index in [1.165, 1.54) is 0 Å². The van der Waals surface area contributed by atoms with Crippen molar-refractivity contribution in [2.45, 2.75) is 32.7 Å². The lowest BCUT2D eigenvalue weighted by molar-refractivity contribution is 0.285. The monoisotopic (exact) mass is 343 g/mol. The summed E-state index contributed by atoms with van der Waals surface area (Å²) in [5.41, 5.74) is 3.09. The largest absolute Gasteiger partial charge is 0.508 e. The molecule has 5 nitrogen and oxygen atoms in total. The number of hydrogen-bond donors (Lipinski definition) is 2. The SMILES string of the molecule is COC1=CC2=C(C=CC1)C(O)=CCC(c1csc(NC(C)C)n1)=N2. The van der Waals surface area contributed by atoms with Crippen LogP contribution in [0.5, 0.6) is 0 Å². The summed E-state index contributed by atoms with van der Waals surface area (Å²) in [4.78, 5) is 9.38. The normalized spacial score (nSPS) is 17.6. The maximum atomic E-state index is 10.3. The fourth-order valence-corrected chi connectivity index (χ4v) is 3.36. The maximum Gasteiger partial charge on any atom is 0.183 e. The van der Waals surface area contributed by atoms with Crippen molar-refractivity contribution in [2.75, 3.05) is 12.4 Å². The molecule has 2 aliphatic rings. The Hall–Kier alpha value is -2.34. The van der Waals surface area contributed by atoms with Gasteiger partial charge in [-0.1, -0.05) is 12.2 Å². The molecule has 6 heteroatoms. The minimum Gasteiger partial charge on any atom is -0.508 e. The number of anilines is 1. The number of aromatic nitrogens is 1. The van der Waals surface area contributed by atoms with Crippen LogP contribution < -0.4 is 5.32 Å². The van der Waals surface area contributed by atoms with Crippen LogP contribution in [-0.4, -0.2) is 29.0 Å². The molecule has 24 heavy (non-hydrogen) atoms. The lowest BCUT2D eigenvalue weighted by Crippen LogP contribution is -2.09. The second kappa shape index (κ2) is 7.05. The van der Waals surface area contributed by atoms with Gasteiger partial charge in [0.05, 0.1) is 24.2 Å². The number of allylic oxidation sites excluding steroid dienone is 4. The average molecular weight is 343 g/mol. The second-order valence-corrected chi connectivity index (χ2v) is 6.77. The first-order valence-electron chi connectivity index (χ1n) is 7.91. The van der Waals surface area contributed by atoms with Crippen LogP contribution in [0.15, 0.2) is 57.5 Å². The number of nitrogens with one attached hydrogen (secondary N) is 1. The fourth-order valence-electron chi connectivity index (χ4n) is 2.49. The summed E-state index contributed by atoms with van der Waals surface area (Å²) in [7, 11) is 1.65. The number of hydrogen-bond acceptors (Lipinski definition) is 6. The van der Waals surface area contributed by atoms with Crippen molar-refractivity contribution in [1.82, 2.24) is 4.98 Å². The summed E-state index contributed by atoms with van der Waals surface area (Å²) in [6, 6.07) is 0.331. The van der Waals surface area contributed by atoms with E-state index in [-0.39, 0.29) is 5.76 Å². The highest BCUT2D eigenvalue weighted by Gasteiger charge is 2.18. The molecule has 1 aromatic rings. The molecule has 126 valence electrons. The molecule has 0 fully saturated rings. The molecule has 0 amide bonds. The Labute approximate surface area is 145 Å². The predicted octanol–water partition coefficient (Wildman–Crippen LogP) is 4.34. The molecule has 0 atom stereocenters. The molecular weight excluding hydrogens is 322 g/mol. The minimum absolute atomic E-state index is 0.240. The van der Waals surface area contributed by atoms with Crippen molar-refractivity contribution in [3.63, 3.8) is 0 Å². The molecule has 0 radical (unpaired) electrons. The van der Waals surface area contributed by atoms with Crippen molar-refractivity contribution in [3.05, 3.63) is 58.2 Å². The number of thiazole rings is 1. The zero-order valence-electron chi connectivity index (χ0n) is 14.0. The first-order chi connectivity index (χ1) is 11.6. The van der Waals surface area contributed by atoms with E-state index in [2.05, 4.69) is 24.1 Å². The Bertz CT molecular complexity index is 782. The molecule has 0 unspecified atom stereocenters. The van der Waals surface area contributed by atoms with Crippen LogP contribution >= 0.6 is 11.3 Å². The van der Waals surface area contributed by atoms with E-state index in [1.54, 1.807) is 24.5 Å². The van der Waals surface area contributed by atoms with Crippen LogP contribution in [0.25, 0.3) is 0 Å². The van der Waals surface area contributed by atoms with E-state index in [9.17, 15) is 5.11 Å². The Balaban J connectivity index is 1.99. The first-order valence-corrected chi connectivity index (χ1v) is 8.79. The molecule has 1 aliphatic heterocycles. The standard InChI is InChI=1S/C18H21N3O2S/c1-11(2)19-18-21-16(10-24-18)14-7-8-17(22)13-6-4-5-12(23-3)9-15(13)20-14/h4,6,8-11,22H,5,7H2,1-3H3,(H,19,21). The van der Waals surface area contributed by atoms with Gasteiger partial charge in [0.2, 0.25) is 0 Å². The first kappa shape index (κ1) is 16.5. The Kier molecular flexibility index (Phi) is 4.85. The van der Waals surface area contributed by atoms with Crippen molar-refractivity contribution >= 4 is 22.2 Å². The quantitative estimate of drug-likeness (QED) is 0.853. The van der Waals surface area contributed by atoms with Gasteiger partial charge in [0.15, 0.2) is 5.13 Å². The molecule has 0 bridgehead atoms. The van der Waals surface area contributed by atoms with Gasteiger partial charge in [0.25, 0.3) is 0 Å². The van der Waals surface area contributed by atoms with E-state index in [0.717, 1.165) is 22.3 Å². The van der Waals surface area contributed by atoms with Gasteiger partial charge >= 0.3 is 0 Å². The van der Waals surface area contributed by atoms with Gasteiger partial charge < -0.3 is 15.2 Å². The summed E-state index contributed by atoms with van der Waals surface area (Å²) in [6.45, 7) is 4.16. The van der Waals surface area contributed by atoms with E-state index in [0.29, 0.717) is 30.2 Å². The third kappa shape index (κ3) is 3.59. The van der Waals surface area contributed by atoms with Crippen molar-refractivity contribution in [3.8, 4) is 0 Å². The number of ether oxygens (including phenoxy) is 1. The third-order valence-corrected chi connectivity index (χ3v) is 4.45. The maximum absolute atomic E-state index is 10.3. The highest BCUT2D eigenvalue weighted by Crippen LogP contribution is 2.28. The molecule has 3 rings (SSSR count). The number of methoxy groups -OCH3 is 1. The van der Waals surface area contributed by atoms with Gasteiger partial charge in [-0.15, -0.1) is 11.3 Å². The number of rotatable bonds is 4. The summed E-state index contributed by atoms with van der Waals surface area (Å²) in [6.07, 6.45) is 8.74. The van der Waals surface area contributed by atoms with Crippen LogP contribution in [0.1, 0.15) is 32.4 Å². The summed E-state index contributed by atoms with van der Waals surface area (Å²) >= 11 is 1.56. The third-order valence-electron chi connectivity index (χ3n) is 3.67. The molecule has 2 N–H and O–H groups in total. The molecule has 0 saturated heterocycles. The number of nitrogens with zero attached hydrogens (tertiary/aromatic N) is 2. The number of aliphatic hydroxyl groups is 1. The zero-order chi connectivity index (χ0) is 17.1. The van der Waals surface area contributed by atoms with Crippen molar-refractivity contribution in [2.24, 2.45) is 4.99 Å². The second-order valence-electron chi connectivity index (χ2n) is 5.91. The molecule has 0 saturated carbocycles. The molecule has 2 heterocycles. The van der Waals surface area contributed by atoms with Gasteiger partial charge in [-0.25, -0.2) is 9.98 Å². The van der Waals surface area contributed by atoms with Crippen LogP contribution in [0.2, 0.25) is 0 Å². The van der Waals surface area contributed by atoms with Gasteiger partial charge in [0.1, 0.15) is 11.5 Å². The Morgan fingerprint density at radius 1 is 1.33 bits per heavy atom. The van der Waals surface area contributed by atoms with Gasteiger partial charge in [-0.05, 0) is 19.9 Å². The zero-order valence-corrected chi connectivity index (χ0v) is 14.9. The number of aliphatic imine (C=N–C) groups is 1. The van der Waals surface area contributed by atoms with Gasteiger partial charge in [-0.3, -0.25) is 0 Å². The summed E-state index contributed by atoms with van der Waals surface area (Å²) in [5.74, 6) is 1.05. The van der Waals surface area contributed by atoms with Gasteiger partial charge in [0, 0.05) is 35.9 Å². The van der Waals surface area contributed by atoms with E-state index < -0.39 is 0 Å². The van der Waals surface area contributed by atoms with Crippen LogP contribution in [0, 0.1) is 0 Å². The Morgan fingerprint density at radius 2 is 2.17 bits per heavy atom. The molecular formula is C18H21N3O2S. The van der Waals surface area contributed by atoms with E-state index in [1.807, 2.05) is 23.6 Å². The topological polar surface area (TPSA) is 66.7 Å².